The Morgan fingerprint density at radius 3 is 1.88 bits per heavy atom. The van der Waals surface area contributed by atoms with E-state index in [2.05, 4.69) is 15.9 Å². The first-order valence-electron chi connectivity index (χ1n) is 4.61. The molecule has 1 fully saturated rings. The predicted octanol–water partition coefficient (Wildman–Crippen LogP) is 0.0224. The molecular weight excluding hydrogens is 282 g/mol. The number of carbonyl (C=O) groups excluding carboxylic acids is 2. The Morgan fingerprint density at radius 1 is 1.25 bits per heavy atom. The van der Waals surface area contributed by atoms with Gasteiger partial charge in [-0.05, 0) is 0 Å². The molecule has 1 rings (SSSR count). The minimum atomic E-state index is -1.47. The molecule has 1 saturated heterocycles. The fourth-order valence-corrected chi connectivity index (χ4v) is 2.08. The highest BCUT2D eigenvalue weighted by Crippen LogP contribution is 2.26. The molecule has 0 N–H and O–H groups in total. The van der Waals surface area contributed by atoms with Gasteiger partial charge < -0.3 is 9.80 Å². The number of amides is 2. The molecule has 0 bridgehead atoms. The molecule has 1 aliphatic rings. The highest BCUT2D eigenvalue weighted by atomic mass is 79.9. The van der Waals surface area contributed by atoms with E-state index in [1.54, 1.807) is 0 Å². The first kappa shape index (κ1) is 12.9. The number of nitro groups is 1. The first-order chi connectivity index (χ1) is 7.26. The third kappa shape index (κ3) is 2.49. The van der Waals surface area contributed by atoms with Crippen molar-refractivity contribution in [3.63, 3.8) is 0 Å². The summed E-state index contributed by atoms with van der Waals surface area (Å²) < 4.78 is -1.47. The Morgan fingerprint density at radius 2 is 1.62 bits per heavy atom. The van der Waals surface area contributed by atoms with Crippen molar-refractivity contribution in [2.45, 2.75) is 18.3 Å². The van der Waals surface area contributed by atoms with Gasteiger partial charge in [0.1, 0.15) is 13.1 Å². The van der Waals surface area contributed by atoms with E-state index in [0.717, 1.165) is 0 Å². The van der Waals surface area contributed by atoms with E-state index in [1.807, 2.05) is 0 Å². The van der Waals surface area contributed by atoms with Crippen molar-refractivity contribution in [2.75, 3.05) is 19.8 Å². The van der Waals surface area contributed by atoms with Crippen LogP contribution in [0.5, 0.6) is 0 Å². The highest BCUT2D eigenvalue weighted by molar-refractivity contribution is 9.10. The van der Waals surface area contributed by atoms with Crippen LogP contribution in [0.2, 0.25) is 0 Å². The van der Waals surface area contributed by atoms with E-state index in [-0.39, 0.29) is 31.6 Å². The number of halogens is 1. The highest BCUT2D eigenvalue weighted by Gasteiger charge is 2.48. The Kier molecular flexibility index (Phi) is 3.51. The zero-order chi connectivity index (χ0) is 12.5. The molecule has 0 radical (unpaired) electrons. The molecule has 0 saturated carbocycles. The van der Waals surface area contributed by atoms with Gasteiger partial charge in [0.05, 0.1) is 6.67 Å². The number of alkyl halides is 1. The van der Waals surface area contributed by atoms with Gasteiger partial charge in [0.2, 0.25) is 11.8 Å². The Hall–Kier alpha value is -1.18. The van der Waals surface area contributed by atoms with Crippen LogP contribution in [0, 0.1) is 10.1 Å². The Balaban J connectivity index is 2.95. The summed E-state index contributed by atoms with van der Waals surface area (Å²) in [7, 11) is 0. The van der Waals surface area contributed by atoms with Crippen LogP contribution in [0.25, 0.3) is 0 Å². The molecule has 0 aromatic carbocycles. The number of hydrogen-bond donors (Lipinski definition) is 0. The lowest BCUT2D eigenvalue weighted by Gasteiger charge is -2.39. The van der Waals surface area contributed by atoms with Gasteiger partial charge in [-0.1, -0.05) is 0 Å². The number of hydrogen-bond acceptors (Lipinski definition) is 4. The molecule has 90 valence electrons. The summed E-state index contributed by atoms with van der Waals surface area (Å²) in [5, 5.41) is 10.9. The summed E-state index contributed by atoms with van der Waals surface area (Å²) in [6, 6.07) is 0. The zero-order valence-electron chi connectivity index (χ0n) is 8.97. The Bertz CT molecular complexity index is 324. The molecule has 0 aromatic heterocycles. The van der Waals surface area contributed by atoms with Gasteiger partial charge in [0.15, 0.2) is 0 Å². The van der Waals surface area contributed by atoms with Crippen molar-refractivity contribution in [1.82, 2.24) is 9.80 Å². The molecule has 16 heavy (non-hydrogen) atoms. The molecule has 7 nitrogen and oxygen atoms in total. The van der Waals surface area contributed by atoms with Gasteiger partial charge >= 0.3 is 4.45 Å². The molecule has 2 amide bonds. The lowest BCUT2D eigenvalue weighted by atomic mass is 10.2. The van der Waals surface area contributed by atoms with Crippen LogP contribution in [0.1, 0.15) is 13.8 Å². The summed E-state index contributed by atoms with van der Waals surface area (Å²) in [5.41, 5.74) is 0. The average Bonchev–Trinajstić information content (AvgIpc) is 2.16. The van der Waals surface area contributed by atoms with Gasteiger partial charge in [-0.3, -0.25) is 19.7 Å². The maximum Gasteiger partial charge on any atom is 0.308 e. The topological polar surface area (TPSA) is 83.8 Å². The molecule has 8 heteroatoms. The van der Waals surface area contributed by atoms with Crippen LogP contribution >= 0.6 is 15.9 Å². The van der Waals surface area contributed by atoms with Crippen LogP contribution in [0.4, 0.5) is 0 Å². The van der Waals surface area contributed by atoms with E-state index in [9.17, 15) is 19.7 Å². The van der Waals surface area contributed by atoms with E-state index < -0.39 is 9.37 Å². The predicted molar refractivity (Wildman–Crippen MR) is 58.3 cm³/mol. The standard InChI is InChI=1S/C8H12BrN3O4/c1-6(13)10-3-8(9,12(15)16)4-11(5-10)7(2)14/h3-5H2,1-2H3. The van der Waals surface area contributed by atoms with Crippen molar-refractivity contribution < 1.29 is 14.5 Å². The molecular formula is C8H12BrN3O4. The van der Waals surface area contributed by atoms with Gasteiger partial charge in [0.25, 0.3) is 0 Å². The van der Waals surface area contributed by atoms with E-state index >= 15 is 0 Å². The quantitative estimate of drug-likeness (QED) is 0.295. The summed E-state index contributed by atoms with van der Waals surface area (Å²) in [6.45, 7) is 2.65. The average molecular weight is 294 g/mol. The van der Waals surface area contributed by atoms with Crippen molar-refractivity contribution in [3.8, 4) is 0 Å². The molecule has 0 aromatic rings. The van der Waals surface area contributed by atoms with Crippen molar-refractivity contribution in [2.24, 2.45) is 0 Å². The molecule has 0 unspecified atom stereocenters. The van der Waals surface area contributed by atoms with Crippen LogP contribution in [0.15, 0.2) is 0 Å². The fraction of sp³-hybridized carbons (Fsp3) is 0.750. The third-order valence-electron chi connectivity index (χ3n) is 2.43. The van der Waals surface area contributed by atoms with E-state index in [4.69, 9.17) is 0 Å². The summed E-state index contributed by atoms with van der Waals surface area (Å²) in [5.74, 6) is -0.590. The lowest BCUT2D eigenvalue weighted by molar-refractivity contribution is -0.538. The van der Waals surface area contributed by atoms with Crippen LogP contribution in [-0.4, -0.2) is 50.7 Å². The van der Waals surface area contributed by atoms with E-state index in [1.165, 1.54) is 23.6 Å². The first-order valence-corrected chi connectivity index (χ1v) is 5.40. The zero-order valence-corrected chi connectivity index (χ0v) is 10.6. The normalized spacial score (nSPS) is 19.4. The lowest BCUT2D eigenvalue weighted by Crippen LogP contribution is -2.61. The van der Waals surface area contributed by atoms with Gasteiger partial charge in [-0.25, -0.2) is 0 Å². The van der Waals surface area contributed by atoms with Gasteiger partial charge in [-0.15, -0.1) is 0 Å². The smallest absolute Gasteiger partial charge is 0.308 e. The Labute approximate surface area is 101 Å². The maximum absolute atomic E-state index is 11.2. The molecule has 0 spiro atoms. The second-order valence-corrected chi connectivity index (χ2v) is 5.23. The molecule has 1 aliphatic heterocycles. The van der Waals surface area contributed by atoms with Gasteiger partial charge in [0, 0.05) is 34.7 Å². The third-order valence-corrected chi connectivity index (χ3v) is 3.22. The second-order valence-electron chi connectivity index (χ2n) is 3.75. The summed E-state index contributed by atoms with van der Waals surface area (Å²) >= 11 is 2.99. The van der Waals surface area contributed by atoms with Crippen molar-refractivity contribution >= 4 is 27.7 Å². The number of rotatable bonds is 1. The monoisotopic (exact) mass is 293 g/mol. The number of nitrogens with zero attached hydrogens (tertiary/aromatic N) is 3. The van der Waals surface area contributed by atoms with Crippen LogP contribution in [0.3, 0.4) is 0 Å². The maximum atomic E-state index is 11.2. The molecule has 1 heterocycles. The van der Waals surface area contributed by atoms with Crippen molar-refractivity contribution in [1.29, 1.82) is 0 Å². The summed E-state index contributed by atoms with van der Waals surface area (Å²) in [4.78, 5) is 35.4. The largest absolute Gasteiger partial charge is 0.317 e. The minimum Gasteiger partial charge on any atom is -0.317 e. The summed E-state index contributed by atoms with van der Waals surface area (Å²) in [6.07, 6.45) is 0. The van der Waals surface area contributed by atoms with Gasteiger partial charge in [-0.2, -0.15) is 0 Å². The van der Waals surface area contributed by atoms with Crippen LogP contribution in [-0.2, 0) is 9.59 Å². The fourth-order valence-electron chi connectivity index (χ4n) is 1.48. The minimum absolute atomic E-state index is 0.0425. The molecule has 0 aliphatic carbocycles. The molecule has 0 atom stereocenters. The van der Waals surface area contributed by atoms with E-state index in [0.29, 0.717) is 0 Å². The van der Waals surface area contributed by atoms with Crippen molar-refractivity contribution in [3.05, 3.63) is 10.1 Å². The SMILES string of the molecule is CC(=O)N1CN(C(C)=O)CC(Br)([N+](=O)[O-])C1. The number of carbonyl (C=O) groups is 2. The second kappa shape index (κ2) is 4.36. The van der Waals surface area contributed by atoms with Crippen LogP contribution < -0.4 is 0 Å².